The number of rotatable bonds is 5. The van der Waals surface area contributed by atoms with Gasteiger partial charge in [-0.05, 0) is 49.6 Å². The lowest BCUT2D eigenvalue weighted by atomic mass is 10.0. The van der Waals surface area contributed by atoms with E-state index >= 15 is 0 Å². The average Bonchev–Trinajstić information content (AvgIpc) is 3.07. The molecule has 0 aliphatic heterocycles. The van der Waals surface area contributed by atoms with Gasteiger partial charge in [-0.1, -0.05) is 12.1 Å². The third-order valence-electron chi connectivity index (χ3n) is 3.87. The quantitative estimate of drug-likeness (QED) is 0.782. The molecule has 20 heavy (non-hydrogen) atoms. The number of hydrogen-bond donors (Lipinski definition) is 0. The topological polar surface area (TPSA) is 33.5 Å². The molecule has 0 fully saturated rings. The molecule has 1 aromatic heterocycles. The average molecular weight is 269 g/mol. The maximum atomic E-state index is 12.3. The van der Waals surface area contributed by atoms with Gasteiger partial charge in [-0.15, -0.1) is 0 Å². The normalized spacial score (nSPS) is 13.7. The molecule has 0 spiro atoms. The Labute approximate surface area is 119 Å². The first-order valence-electron chi connectivity index (χ1n) is 7.07. The van der Waals surface area contributed by atoms with Crippen molar-refractivity contribution in [1.29, 1.82) is 0 Å². The highest BCUT2D eigenvalue weighted by Gasteiger charge is 2.15. The Bertz CT molecular complexity index is 601. The molecule has 104 valence electrons. The molecular formula is C17H19NO2. The first-order chi connectivity index (χ1) is 9.72. The van der Waals surface area contributed by atoms with E-state index in [2.05, 4.69) is 12.1 Å². The Morgan fingerprint density at radius 2 is 2.10 bits per heavy atom. The van der Waals surface area contributed by atoms with Crippen LogP contribution in [0.25, 0.3) is 0 Å². The number of carbonyl (C=O) groups excluding carboxylic acids is 1. The molecule has 3 heteroatoms. The van der Waals surface area contributed by atoms with E-state index in [1.807, 2.05) is 24.1 Å². The van der Waals surface area contributed by atoms with E-state index in [1.165, 1.54) is 17.5 Å². The van der Waals surface area contributed by atoms with Crippen LogP contribution in [0, 0.1) is 0 Å². The summed E-state index contributed by atoms with van der Waals surface area (Å²) >= 11 is 0. The van der Waals surface area contributed by atoms with Crippen molar-refractivity contribution in [3.8, 4) is 0 Å². The van der Waals surface area contributed by atoms with Crippen LogP contribution >= 0.6 is 0 Å². The van der Waals surface area contributed by atoms with E-state index in [4.69, 9.17) is 4.42 Å². The molecule has 0 atom stereocenters. The Morgan fingerprint density at radius 3 is 2.90 bits per heavy atom. The van der Waals surface area contributed by atoms with E-state index in [0.29, 0.717) is 6.54 Å². The van der Waals surface area contributed by atoms with Crippen LogP contribution in [0.15, 0.2) is 41.2 Å². The van der Waals surface area contributed by atoms with Crippen LogP contribution in [-0.2, 0) is 19.4 Å². The van der Waals surface area contributed by atoms with Gasteiger partial charge >= 0.3 is 0 Å². The molecule has 0 radical (unpaired) electrons. The van der Waals surface area contributed by atoms with E-state index in [-0.39, 0.29) is 5.78 Å². The van der Waals surface area contributed by atoms with Gasteiger partial charge in [-0.25, -0.2) is 0 Å². The van der Waals surface area contributed by atoms with E-state index in [1.54, 1.807) is 12.5 Å². The third kappa shape index (κ3) is 2.83. The Balaban J connectivity index is 1.64. The predicted octanol–water partition coefficient (Wildman–Crippen LogP) is 3.08. The zero-order chi connectivity index (χ0) is 13.9. The van der Waals surface area contributed by atoms with Crippen molar-refractivity contribution in [3.05, 3.63) is 59.0 Å². The lowest BCUT2D eigenvalue weighted by Crippen LogP contribution is -2.25. The summed E-state index contributed by atoms with van der Waals surface area (Å²) in [7, 11) is 1.96. The van der Waals surface area contributed by atoms with Crippen LogP contribution in [0.5, 0.6) is 0 Å². The molecule has 1 aliphatic carbocycles. The number of ketones is 1. The molecule has 0 saturated heterocycles. The minimum Gasteiger partial charge on any atom is -0.472 e. The number of hydrogen-bond acceptors (Lipinski definition) is 3. The van der Waals surface area contributed by atoms with Crippen molar-refractivity contribution in [2.45, 2.75) is 25.8 Å². The van der Waals surface area contributed by atoms with Crippen LogP contribution in [0.4, 0.5) is 0 Å². The number of Topliss-reactive ketones (excluding diaryl/α,β-unsaturated/α-hetero) is 1. The van der Waals surface area contributed by atoms with Gasteiger partial charge in [0.25, 0.3) is 0 Å². The molecular weight excluding hydrogens is 250 g/mol. The fourth-order valence-electron chi connectivity index (χ4n) is 2.83. The molecule has 3 nitrogen and oxygen atoms in total. The predicted molar refractivity (Wildman–Crippen MR) is 77.8 cm³/mol. The van der Waals surface area contributed by atoms with Crippen LogP contribution in [-0.4, -0.2) is 24.3 Å². The lowest BCUT2D eigenvalue weighted by molar-refractivity contribution is 0.0943. The Morgan fingerprint density at radius 1 is 1.25 bits per heavy atom. The lowest BCUT2D eigenvalue weighted by Gasteiger charge is -2.15. The van der Waals surface area contributed by atoms with Gasteiger partial charge in [0.05, 0.1) is 19.1 Å². The highest BCUT2D eigenvalue weighted by Crippen LogP contribution is 2.23. The number of furan rings is 1. The first-order valence-corrected chi connectivity index (χ1v) is 7.07. The second-order valence-corrected chi connectivity index (χ2v) is 5.56. The van der Waals surface area contributed by atoms with Gasteiger partial charge in [0.15, 0.2) is 5.78 Å². The number of aryl methyl sites for hydroxylation is 2. The van der Waals surface area contributed by atoms with Crippen molar-refractivity contribution < 1.29 is 9.21 Å². The minimum absolute atomic E-state index is 0.186. The van der Waals surface area contributed by atoms with Gasteiger partial charge in [0.1, 0.15) is 0 Å². The molecule has 0 bridgehead atoms. The van der Waals surface area contributed by atoms with Gasteiger partial charge in [0, 0.05) is 17.7 Å². The molecule has 1 heterocycles. The summed E-state index contributed by atoms with van der Waals surface area (Å²) in [5.41, 5.74) is 4.69. The number of fused-ring (bicyclic) bond motifs is 1. The molecule has 1 aromatic carbocycles. The summed E-state index contributed by atoms with van der Waals surface area (Å²) in [4.78, 5) is 14.3. The summed E-state index contributed by atoms with van der Waals surface area (Å²) in [6.45, 7) is 1.16. The van der Waals surface area contributed by atoms with Crippen molar-refractivity contribution >= 4 is 5.78 Å². The minimum atomic E-state index is 0.186. The maximum Gasteiger partial charge on any atom is 0.176 e. The summed E-state index contributed by atoms with van der Waals surface area (Å²) in [6.07, 6.45) is 6.86. The SMILES string of the molecule is CN(CC(=O)c1ccc2c(c1)CCC2)Cc1ccoc1. The highest BCUT2D eigenvalue weighted by atomic mass is 16.3. The summed E-state index contributed by atoms with van der Waals surface area (Å²) < 4.78 is 5.04. The van der Waals surface area contributed by atoms with Crippen molar-refractivity contribution in [2.75, 3.05) is 13.6 Å². The van der Waals surface area contributed by atoms with Crippen molar-refractivity contribution in [3.63, 3.8) is 0 Å². The smallest absolute Gasteiger partial charge is 0.176 e. The molecule has 3 rings (SSSR count). The number of likely N-dealkylation sites (N-methyl/N-ethyl adjacent to an activating group) is 1. The summed E-state index contributed by atoms with van der Waals surface area (Å²) in [5.74, 6) is 0.186. The highest BCUT2D eigenvalue weighted by molar-refractivity contribution is 5.97. The zero-order valence-corrected chi connectivity index (χ0v) is 11.8. The summed E-state index contributed by atoms with van der Waals surface area (Å²) in [5, 5.41) is 0. The fourth-order valence-corrected chi connectivity index (χ4v) is 2.83. The largest absolute Gasteiger partial charge is 0.472 e. The van der Waals surface area contributed by atoms with Crippen molar-refractivity contribution in [2.24, 2.45) is 0 Å². The molecule has 2 aromatic rings. The number of benzene rings is 1. The molecule has 1 aliphatic rings. The van der Waals surface area contributed by atoms with E-state index in [9.17, 15) is 4.79 Å². The van der Waals surface area contributed by atoms with Crippen molar-refractivity contribution in [1.82, 2.24) is 4.90 Å². The van der Waals surface area contributed by atoms with Gasteiger partial charge in [-0.2, -0.15) is 0 Å². The first kappa shape index (κ1) is 13.1. The van der Waals surface area contributed by atoms with Crippen LogP contribution in [0.3, 0.4) is 0 Å². The van der Waals surface area contributed by atoms with Crippen LogP contribution in [0.2, 0.25) is 0 Å². The maximum absolute atomic E-state index is 12.3. The zero-order valence-electron chi connectivity index (χ0n) is 11.8. The second kappa shape index (κ2) is 5.63. The molecule has 0 saturated carbocycles. The molecule has 0 N–H and O–H groups in total. The van der Waals surface area contributed by atoms with Gasteiger partial charge in [0.2, 0.25) is 0 Å². The standard InChI is InChI=1S/C17H19NO2/c1-18(10-13-7-8-20-12-13)11-17(19)16-6-5-14-3-2-4-15(14)9-16/h5-9,12H,2-4,10-11H2,1H3. The van der Waals surface area contributed by atoms with Gasteiger partial charge < -0.3 is 4.42 Å². The van der Waals surface area contributed by atoms with E-state index in [0.717, 1.165) is 30.5 Å². The Kier molecular flexibility index (Phi) is 3.70. The summed E-state index contributed by atoms with van der Waals surface area (Å²) in [6, 6.07) is 8.09. The Hall–Kier alpha value is -1.87. The number of carbonyl (C=O) groups is 1. The van der Waals surface area contributed by atoms with E-state index < -0.39 is 0 Å². The van der Waals surface area contributed by atoms with Crippen LogP contribution in [0.1, 0.15) is 33.5 Å². The molecule has 0 unspecified atom stereocenters. The second-order valence-electron chi connectivity index (χ2n) is 5.56. The third-order valence-corrected chi connectivity index (χ3v) is 3.87. The fraction of sp³-hybridized carbons (Fsp3) is 0.353. The molecule has 0 amide bonds. The monoisotopic (exact) mass is 269 g/mol. The van der Waals surface area contributed by atoms with Crippen LogP contribution < -0.4 is 0 Å². The number of nitrogens with zero attached hydrogens (tertiary/aromatic N) is 1. The van der Waals surface area contributed by atoms with Gasteiger partial charge in [-0.3, -0.25) is 9.69 Å².